The van der Waals surface area contributed by atoms with Gasteiger partial charge in [-0.2, -0.15) is 18.4 Å². The molecule has 2 unspecified atom stereocenters. The Bertz CT molecular complexity index is 789. The molecule has 5 nitrogen and oxygen atoms in total. The van der Waals surface area contributed by atoms with Crippen LogP contribution in [0.2, 0.25) is 0 Å². The Balaban J connectivity index is 3.73. The Hall–Kier alpha value is -1.57. The first kappa shape index (κ1) is 20.5. The molecule has 0 amide bonds. The lowest BCUT2D eigenvalue weighted by Gasteiger charge is -2.41. The Morgan fingerprint density at radius 2 is 2.00 bits per heavy atom. The fraction of sp³-hybridized carbons (Fsp3) is 0.429. The minimum atomic E-state index is -4.79. The van der Waals surface area contributed by atoms with Crippen molar-refractivity contribution in [1.29, 1.82) is 5.26 Å². The number of nitrogens with one attached hydrogen (secondary N) is 1. The van der Waals surface area contributed by atoms with Crippen molar-refractivity contribution in [3.63, 3.8) is 0 Å². The van der Waals surface area contributed by atoms with Crippen molar-refractivity contribution >= 4 is 28.2 Å². The van der Waals surface area contributed by atoms with E-state index in [4.69, 9.17) is 5.26 Å². The first-order valence-electron chi connectivity index (χ1n) is 6.51. The van der Waals surface area contributed by atoms with Gasteiger partial charge in [0.15, 0.2) is 15.6 Å². The molecule has 0 aromatic carbocycles. The van der Waals surface area contributed by atoms with Crippen LogP contribution in [0.4, 0.5) is 13.2 Å². The van der Waals surface area contributed by atoms with E-state index in [1.807, 2.05) is 0 Å². The van der Waals surface area contributed by atoms with Crippen LogP contribution in [0, 0.1) is 11.3 Å². The quantitative estimate of drug-likeness (QED) is 0.441. The Labute approximate surface area is 143 Å². The van der Waals surface area contributed by atoms with Crippen LogP contribution >= 0.6 is 12.6 Å². The van der Waals surface area contributed by atoms with E-state index in [0.29, 0.717) is 6.08 Å². The summed E-state index contributed by atoms with van der Waals surface area (Å²) in [6.07, 6.45) is -1.78. The highest BCUT2D eigenvalue weighted by Gasteiger charge is 2.55. The van der Waals surface area contributed by atoms with E-state index in [-0.39, 0.29) is 10.5 Å². The monoisotopic (exact) mass is 380 g/mol. The minimum Gasteiger partial charge on any atom is -0.309 e. The number of carbonyl (C=O) groups is 1. The molecule has 0 aromatic heterocycles. The van der Waals surface area contributed by atoms with Crippen LogP contribution in [0.5, 0.6) is 0 Å². The van der Waals surface area contributed by atoms with E-state index in [9.17, 15) is 26.4 Å². The first-order valence-corrected chi connectivity index (χ1v) is 8.91. The molecule has 132 valence electrons. The summed E-state index contributed by atoms with van der Waals surface area (Å²) in [5.74, 6) is -0.922. The topological polar surface area (TPSA) is 87.0 Å². The maximum absolute atomic E-state index is 13.3. The number of nitriles is 1. The average Bonchev–Trinajstić information content (AvgIpc) is 2.43. The van der Waals surface area contributed by atoms with Crippen molar-refractivity contribution in [2.24, 2.45) is 0 Å². The van der Waals surface area contributed by atoms with Crippen LogP contribution in [0.25, 0.3) is 0 Å². The zero-order valence-electron chi connectivity index (χ0n) is 13.0. The van der Waals surface area contributed by atoms with Crippen LogP contribution in [0.3, 0.4) is 0 Å². The van der Waals surface area contributed by atoms with Crippen molar-refractivity contribution in [2.75, 3.05) is 13.3 Å². The highest BCUT2D eigenvalue weighted by Crippen LogP contribution is 2.43. The minimum absolute atomic E-state index is 0.361. The molecule has 2 atom stereocenters. The Morgan fingerprint density at radius 1 is 1.46 bits per heavy atom. The van der Waals surface area contributed by atoms with Crippen molar-refractivity contribution in [2.45, 2.75) is 23.9 Å². The predicted octanol–water partition coefficient (Wildman–Crippen LogP) is 1.71. The van der Waals surface area contributed by atoms with Gasteiger partial charge in [0.1, 0.15) is 5.25 Å². The van der Waals surface area contributed by atoms with Crippen LogP contribution in [-0.4, -0.2) is 44.5 Å². The van der Waals surface area contributed by atoms with Gasteiger partial charge in [0, 0.05) is 17.9 Å². The molecular weight excluding hydrogens is 365 g/mol. The number of alkyl halides is 3. The zero-order valence-corrected chi connectivity index (χ0v) is 14.7. The van der Waals surface area contributed by atoms with Gasteiger partial charge in [0.25, 0.3) is 0 Å². The molecule has 0 radical (unpaired) electrons. The molecule has 1 aliphatic rings. The third-order valence-corrected chi connectivity index (χ3v) is 5.66. The van der Waals surface area contributed by atoms with E-state index in [2.05, 4.69) is 17.9 Å². The van der Waals surface area contributed by atoms with Crippen molar-refractivity contribution < 1.29 is 26.4 Å². The third kappa shape index (κ3) is 3.74. The van der Waals surface area contributed by atoms with Gasteiger partial charge in [-0.15, -0.1) is 12.6 Å². The molecule has 0 bridgehead atoms. The second-order valence-corrected chi connectivity index (χ2v) is 7.96. The molecule has 0 fully saturated rings. The third-order valence-electron chi connectivity index (χ3n) is 3.74. The number of likely N-dealkylation sites (N-methyl/N-ethyl adjacent to an activating group) is 1. The van der Waals surface area contributed by atoms with Gasteiger partial charge >= 0.3 is 6.18 Å². The number of Topliss-reactive ketones (excluding diaryl/α,β-unsaturated/α-hetero) is 1. The number of carbonyl (C=O) groups excluding carboxylic acids is 1. The van der Waals surface area contributed by atoms with E-state index in [1.54, 1.807) is 6.07 Å². The van der Waals surface area contributed by atoms with Gasteiger partial charge in [-0.1, -0.05) is 12.2 Å². The number of nitrogens with zero attached hydrogens (tertiary/aromatic N) is 1. The largest absolute Gasteiger partial charge is 0.414 e. The number of hydrogen-bond acceptors (Lipinski definition) is 6. The molecule has 0 saturated carbocycles. The summed E-state index contributed by atoms with van der Waals surface area (Å²) in [4.78, 5) is 12.0. The molecule has 1 rings (SSSR count). The van der Waals surface area contributed by atoms with Gasteiger partial charge in [0.2, 0.25) is 0 Å². The predicted molar refractivity (Wildman–Crippen MR) is 86.0 cm³/mol. The maximum atomic E-state index is 13.3. The highest BCUT2D eigenvalue weighted by molar-refractivity contribution is 7.91. The van der Waals surface area contributed by atoms with Crippen molar-refractivity contribution in [3.8, 4) is 6.07 Å². The molecule has 1 N–H and O–H groups in total. The summed E-state index contributed by atoms with van der Waals surface area (Å²) in [6.45, 7) is 1.06. The lowest BCUT2D eigenvalue weighted by Crippen LogP contribution is -2.60. The second-order valence-electron chi connectivity index (χ2n) is 5.35. The molecule has 0 aromatic rings. The highest BCUT2D eigenvalue weighted by atomic mass is 32.2. The number of rotatable bonds is 4. The SMILES string of the molecule is CNC1(C)C(C(F)(F)F)=CC=C(C(=O)C(S)=CC#N)C1S(C)(=O)=O. The van der Waals surface area contributed by atoms with E-state index >= 15 is 0 Å². The van der Waals surface area contributed by atoms with Gasteiger partial charge in [0.05, 0.1) is 22.1 Å². The molecule has 0 spiro atoms. The normalized spacial score (nSPS) is 25.6. The van der Waals surface area contributed by atoms with E-state index in [0.717, 1.165) is 25.3 Å². The maximum Gasteiger partial charge on any atom is 0.414 e. The van der Waals surface area contributed by atoms with E-state index < -0.39 is 38.2 Å². The number of ketones is 1. The van der Waals surface area contributed by atoms with Crippen molar-refractivity contribution in [3.05, 3.63) is 34.3 Å². The second kappa shape index (κ2) is 6.74. The lowest BCUT2D eigenvalue weighted by atomic mass is 9.79. The number of halogens is 3. The van der Waals surface area contributed by atoms with Crippen LogP contribution in [0.15, 0.2) is 34.3 Å². The van der Waals surface area contributed by atoms with Gasteiger partial charge in [-0.3, -0.25) is 4.79 Å². The standard InChI is InChI=1S/C14H15F3N2O3S2/c1-13(19-2)10(14(15,16)17)5-4-8(12(13)24(3,21)22)11(20)9(23)6-7-18/h4-6,12,19,23H,1-3H3. The average molecular weight is 380 g/mol. The first-order chi connectivity index (χ1) is 10.8. The fourth-order valence-electron chi connectivity index (χ4n) is 2.67. The summed E-state index contributed by atoms with van der Waals surface area (Å²) in [6, 6.07) is 1.56. The van der Waals surface area contributed by atoms with Crippen LogP contribution in [-0.2, 0) is 14.6 Å². The number of thiol groups is 1. The summed E-state index contributed by atoms with van der Waals surface area (Å²) in [5, 5.41) is 9.16. The van der Waals surface area contributed by atoms with Gasteiger partial charge < -0.3 is 5.32 Å². The van der Waals surface area contributed by atoms with Gasteiger partial charge in [-0.05, 0) is 14.0 Å². The van der Waals surface area contributed by atoms with Gasteiger partial charge in [-0.25, -0.2) is 8.42 Å². The smallest absolute Gasteiger partial charge is 0.309 e. The molecule has 10 heteroatoms. The molecule has 0 aliphatic heterocycles. The molecule has 24 heavy (non-hydrogen) atoms. The molecule has 1 aliphatic carbocycles. The van der Waals surface area contributed by atoms with Crippen molar-refractivity contribution in [1.82, 2.24) is 5.32 Å². The summed E-state index contributed by atoms with van der Waals surface area (Å²) >= 11 is 3.81. The summed E-state index contributed by atoms with van der Waals surface area (Å²) in [5.41, 5.74) is -3.58. The summed E-state index contributed by atoms with van der Waals surface area (Å²) in [7, 11) is -2.94. The summed E-state index contributed by atoms with van der Waals surface area (Å²) < 4.78 is 64.3. The Morgan fingerprint density at radius 3 is 2.38 bits per heavy atom. The fourth-order valence-corrected chi connectivity index (χ4v) is 4.60. The lowest BCUT2D eigenvalue weighted by molar-refractivity contribution is -0.113. The molecule has 0 saturated heterocycles. The van der Waals surface area contributed by atoms with E-state index in [1.165, 1.54) is 7.05 Å². The number of allylic oxidation sites excluding steroid dienone is 4. The number of hydrogen-bond donors (Lipinski definition) is 2. The number of sulfone groups is 1. The molecule has 0 heterocycles. The molecular formula is C14H15F3N2O3S2. The Kier molecular flexibility index (Phi) is 5.75. The zero-order chi connectivity index (χ0) is 18.9. The van der Waals surface area contributed by atoms with Crippen LogP contribution < -0.4 is 5.32 Å². The van der Waals surface area contributed by atoms with Crippen LogP contribution in [0.1, 0.15) is 6.92 Å².